The van der Waals surface area contributed by atoms with Gasteiger partial charge in [-0.25, -0.2) is 4.79 Å². The SMILES string of the molecule is Cc1ccc(N2CCN(C(=O)NCCn3nc(C)cc3C)[C@@H](C)C2)cc1. The highest BCUT2D eigenvalue weighted by atomic mass is 16.2. The van der Waals surface area contributed by atoms with Crippen LogP contribution < -0.4 is 10.2 Å². The Bertz CT molecular complexity index is 752. The molecule has 140 valence electrons. The molecule has 0 radical (unpaired) electrons. The molecule has 0 saturated carbocycles. The maximum Gasteiger partial charge on any atom is 0.317 e. The van der Waals surface area contributed by atoms with Crippen molar-refractivity contribution in [3.05, 3.63) is 47.3 Å². The summed E-state index contributed by atoms with van der Waals surface area (Å²) in [6.45, 7) is 12.0. The van der Waals surface area contributed by atoms with Crippen LogP contribution in [0.15, 0.2) is 30.3 Å². The van der Waals surface area contributed by atoms with Crippen LogP contribution in [0.4, 0.5) is 10.5 Å². The fourth-order valence-corrected chi connectivity index (χ4v) is 3.52. The van der Waals surface area contributed by atoms with Crippen molar-refractivity contribution in [3.8, 4) is 0 Å². The summed E-state index contributed by atoms with van der Waals surface area (Å²) in [7, 11) is 0. The lowest BCUT2D eigenvalue weighted by Gasteiger charge is -2.41. The summed E-state index contributed by atoms with van der Waals surface area (Å²) in [5, 5.41) is 7.47. The summed E-state index contributed by atoms with van der Waals surface area (Å²) in [5.41, 5.74) is 4.63. The van der Waals surface area contributed by atoms with Gasteiger partial charge in [0.15, 0.2) is 0 Å². The van der Waals surface area contributed by atoms with E-state index >= 15 is 0 Å². The van der Waals surface area contributed by atoms with Crippen LogP contribution in [0.1, 0.15) is 23.9 Å². The van der Waals surface area contributed by atoms with Gasteiger partial charge in [-0.3, -0.25) is 4.68 Å². The third-order valence-electron chi connectivity index (χ3n) is 4.99. The standard InChI is InChI=1S/C20H29N5O/c1-15-5-7-19(8-6-15)23-11-12-24(18(4)14-23)20(26)21-9-10-25-17(3)13-16(2)22-25/h5-8,13,18H,9-12,14H2,1-4H3,(H,21,26)/t18-/m0/s1. The number of hydrogen-bond donors (Lipinski definition) is 1. The van der Waals surface area contributed by atoms with Gasteiger partial charge < -0.3 is 15.1 Å². The lowest BCUT2D eigenvalue weighted by molar-refractivity contribution is 0.171. The van der Waals surface area contributed by atoms with Gasteiger partial charge in [0.1, 0.15) is 0 Å². The molecule has 2 amide bonds. The molecule has 1 aromatic carbocycles. The van der Waals surface area contributed by atoms with Gasteiger partial charge in [-0.2, -0.15) is 5.10 Å². The molecule has 1 aliphatic heterocycles. The zero-order valence-corrected chi connectivity index (χ0v) is 16.2. The topological polar surface area (TPSA) is 53.4 Å². The first-order chi connectivity index (χ1) is 12.4. The van der Waals surface area contributed by atoms with Gasteiger partial charge in [-0.15, -0.1) is 0 Å². The van der Waals surface area contributed by atoms with E-state index in [1.807, 2.05) is 29.5 Å². The van der Waals surface area contributed by atoms with Gasteiger partial charge >= 0.3 is 6.03 Å². The van der Waals surface area contributed by atoms with E-state index in [4.69, 9.17) is 0 Å². The molecule has 1 saturated heterocycles. The van der Waals surface area contributed by atoms with Gasteiger partial charge in [0.05, 0.1) is 12.2 Å². The number of carbonyl (C=O) groups is 1. The van der Waals surface area contributed by atoms with Crippen molar-refractivity contribution in [1.82, 2.24) is 20.0 Å². The monoisotopic (exact) mass is 355 g/mol. The van der Waals surface area contributed by atoms with Gasteiger partial charge in [-0.1, -0.05) is 17.7 Å². The summed E-state index contributed by atoms with van der Waals surface area (Å²) >= 11 is 0. The summed E-state index contributed by atoms with van der Waals surface area (Å²) in [6, 6.07) is 10.8. The van der Waals surface area contributed by atoms with Gasteiger partial charge in [-0.05, 0) is 45.9 Å². The Labute approximate surface area is 155 Å². The van der Waals surface area contributed by atoms with Crippen LogP contribution in [-0.4, -0.2) is 52.9 Å². The number of piperazine rings is 1. The first-order valence-corrected chi connectivity index (χ1v) is 9.31. The Morgan fingerprint density at radius 3 is 2.54 bits per heavy atom. The molecule has 2 aromatic rings. The summed E-state index contributed by atoms with van der Waals surface area (Å²) in [6.07, 6.45) is 0. The van der Waals surface area contributed by atoms with E-state index in [0.29, 0.717) is 13.1 Å². The fourth-order valence-electron chi connectivity index (χ4n) is 3.52. The number of nitrogens with one attached hydrogen (secondary N) is 1. The minimum absolute atomic E-state index is 0.0163. The Balaban J connectivity index is 1.49. The van der Waals surface area contributed by atoms with Crippen LogP contribution in [0, 0.1) is 20.8 Å². The molecule has 1 fully saturated rings. The van der Waals surface area contributed by atoms with E-state index in [1.54, 1.807) is 0 Å². The molecule has 0 spiro atoms. The van der Waals surface area contributed by atoms with Crippen molar-refractivity contribution >= 4 is 11.7 Å². The first-order valence-electron chi connectivity index (χ1n) is 9.31. The van der Waals surface area contributed by atoms with E-state index in [1.165, 1.54) is 11.3 Å². The smallest absolute Gasteiger partial charge is 0.317 e. The molecule has 3 rings (SSSR count). The van der Waals surface area contributed by atoms with Gasteiger partial charge in [0.2, 0.25) is 0 Å². The van der Waals surface area contributed by atoms with Gasteiger partial charge in [0.25, 0.3) is 0 Å². The Hall–Kier alpha value is -2.50. The van der Waals surface area contributed by atoms with E-state index in [9.17, 15) is 4.79 Å². The lowest BCUT2D eigenvalue weighted by Crippen LogP contribution is -2.56. The minimum atomic E-state index is 0.0163. The van der Waals surface area contributed by atoms with E-state index in [-0.39, 0.29) is 12.1 Å². The quantitative estimate of drug-likeness (QED) is 0.917. The number of nitrogens with zero attached hydrogens (tertiary/aromatic N) is 4. The molecule has 1 N–H and O–H groups in total. The molecule has 0 aliphatic carbocycles. The van der Waals surface area contributed by atoms with Crippen LogP contribution in [0.3, 0.4) is 0 Å². The maximum absolute atomic E-state index is 12.5. The van der Waals surface area contributed by atoms with E-state index in [0.717, 1.165) is 31.0 Å². The molecule has 26 heavy (non-hydrogen) atoms. The number of amides is 2. The number of urea groups is 1. The number of aryl methyl sites for hydroxylation is 3. The van der Waals surface area contributed by atoms with Crippen LogP contribution >= 0.6 is 0 Å². The first kappa shape index (κ1) is 18.3. The molecule has 6 nitrogen and oxygen atoms in total. The third-order valence-corrected chi connectivity index (χ3v) is 4.99. The zero-order valence-electron chi connectivity index (χ0n) is 16.2. The lowest BCUT2D eigenvalue weighted by atomic mass is 10.1. The predicted molar refractivity (Wildman–Crippen MR) is 105 cm³/mol. The van der Waals surface area contributed by atoms with Crippen molar-refractivity contribution in [1.29, 1.82) is 0 Å². The van der Waals surface area contributed by atoms with Gasteiger partial charge in [0, 0.05) is 43.6 Å². The Kier molecular flexibility index (Phi) is 5.49. The molecule has 2 heterocycles. The van der Waals surface area contributed by atoms with Crippen molar-refractivity contribution in [2.24, 2.45) is 0 Å². The van der Waals surface area contributed by atoms with E-state index < -0.39 is 0 Å². The second-order valence-corrected chi connectivity index (χ2v) is 7.21. The maximum atomic E-state index is 12.5. The van der Waals surface area contributed by atoms with Crippen molar-refractivity contribution < 1.29 is 4.79 Å². The normalized spacial score (nSPS) is 17.5. The predicted octanol–water partition coefficient (Wildman–Crippen LogP) is 2.73. The molecule has 1 atom stereocenters. The second kappa shape index (κ2) is 7.81. The molecule has 0 unspecified atom stereocenters. The minimum Gasteiger partial charge on any atom is -0.368 e. The van der Waals surface area contributed by atoms with Crippen LogP contribution in [0.2, 0.25) is 0 Å². The largest absolute Gasteiger partial charge is 0.368 e. The molecule has 1 aliphatic rings. The number of aromatic nitrogens is 2. The van der Waals surface area contributed by atoms with Crippen molar-refractivity contribution in [2.75, 3.05) is 31.1 Å². The average Bonchev–Trinajstić information content (AvgIpc) is 2.92. The average molecular weight is 355 g/mol. The highest BCUT2D eigenvalue weighted by Gasteiger charge is 2.27. The Morgan fingerprint density at radius 1 is 1.19 bits per heavy atom. The van der Waals surface area contributed by atoms with Crippen LogP contribution in [-0.2, 0) is 6.54 Å². The van der Waals surface area contributed by atoms with E-state index in [2.05, 4.69) is 53.4 Å². The summed E-state index contributed by atoms with van der Waals surface area (Å²) in [5.74, 6) is 0. The molecular weight excluding hydrogens is 326 g/mol. The summed E-state index contributed by atoms with van der Waals surface area (Å²) in [4.78, 5) is 16.8. The Morgan fingerprint density at radius 2 is 1.92 bits per heavy atom. The third kappa shape index (κ3) is 4.18. The molecule has 0 bridgehead atoms. The molecule has 1 aromatic heterocycles. The second-order valence-electron chi connectivity index (χ2n) is 7.21. The van der Waals surface area contributed by atoms with Crippen LogP contribution in [0.5, 0.6) is 0 Å². The number of carbonyl (C=O) groups excluding carboxylic acids is 1. The highest BCUT2D eigenvalue weighted by molar-refractivity contribution is 5.75. The number of benzene rings is 1. The number of rotatable bonds is 4. The number of hydrogen-bond acceptors (Lipinski definition) is 3. The zero-order chi connectivity index (χ0) is 18.7. The van der Waals surface area contributed by atoms with Crippen LogP contribution in [0.25, 0.3) is 0 Å². The molecule has 6 heteroatoms. The summed E-state index contributed by atoms with van der Waals surface area (Å²) < 4.78 is 1.94. The van der Waals surface area contributed by atoms with Crippen molar-refractivity contribution in [3.63, 3.8) is 0 Å². The number of anilines is 1. The fraction of sp³-hybridized carbons (Fsp3) is 0.500. The highest BCUT2D eigenvalue weighted by Crippen LogP contribution is 2.19. The molecular formula is C20H29N5O. The van der Waals surface area contributed by atoms with Crippen molar-refractivity contribution in [2.45, 2.75) is 40.3 Å².